The minimum atomic E-state index is -0.314. The summed E-state index contributed by atoms with van der Waals surface area (Å²) >= 11 is 5.43. The summed E-state index contributed by atoms with van der Waals surface area (Å²) in [5.74, 6) is -0.314. The van der Waals surface area contributed by atoms with E-state index in [0.717, 1.165) is 31.6 Å². The first-order valence-electron chi connectivity index (χ1n) is 9.15. The number of hydrogen-bond donors (Lipinski definition) is 2. The minimum absolute atomic E-state index is 0.314. The molecule has 0 amide bonds. The van der Waals surface area contributed by atoms with Crippen LogP contribution in [0.3, 0.4) is 0 Å². The number of aromatic nitrogens is 1. The van der Waals surface area contributed by atoms with Crippen molar-refractivity contribution in [1.82, 2.24) is 10.3 Å². The van der Waals surface area contributed by atoms with Crippen LogP contribution in [0.25, 0.3) is 0 Å². The predicted octanol–water partition coefficient (Wildman–Crippen LogP) is 3.21. The second-order valence-electron chi connectivity index (χ2n) is 6.36. The van der Waals surface area contributed by atoms with Gasteiger partial charge in [-0.05, 0) is 68.4 Å². The molecule has 2 heterocycles. The van der Waals surface area contributed by atoms with Gasteiger partial charge < -0.3 is 20.3 Å². The van der Waals surface area contributed by atoms with Gasteiger partial charge in [0.1, 0.15) is 0 Å². The van der Waals surface area contributed by atoms with E-state index < -0.39 is 0 Å². The third kappa shape index (κ3) is 5.40. The minimum Gasteiger partial charge on any atom is -0.462 e. The first kappa shape index (κ1) is 19.1. The average Bonchev–Trinajstić information content (AvgIpc) is 2.70. The number of piperidine rings is 1. The van der Waals surface area contributed by atoms with Crippen LogP contribution in [0, 0.1) is 0 Å². The summed E-state index contributed by atoms with van der Waals surface area (Å²) in [4.78, 5) is 18.1. The fourth-order valence-corrected chi connectivity index (χ4v) is 3.38. The van der Waals surface area contributed by atoms with Crippen LogP contribution in [0.5, 0.6) is 0 Å². The third-order valence-electron chi connectivity index (χ3n) is 4.51. The molecule has 0 unspecified atom stereocenters. The largest absolute Gasteiger partial charge is 0.462 e. The van der Waals surface area contributed by atoms with Crippen LogP contribution in [0.2, 0.25) is 0 Å². The van der Waals surface area contributed by atoms with Gasteiger partial charge in [0, 0.05) is 42.9 Å². The number of nitrogens with zero attached hydrogens (tertiary/aromatic N) is 2. The highest BCUT2D eigenvalue weighted by molar-refractivity contribution is 7.80. The van der Waals surface area contributed by atoms with Crippen molar-refractivity contribution >= 4 is 34.7 Å². The molecule has 1 fully saturated rings. The smallest absolute Gasteiger partial charge is 0.338 e. The summed E-state index contributed by atoms with van der Waals surface area (Å²) in [7, 11) is 0. The number of esters is 1. The van der Waals surface area contributed by atoms with Crippen molar-refractivity contribution < 1.29 is 9.53 Å². The second kappa shape index (κ2) is 9.32. The molecule has 0 atom stereocenters. The zero-order chi connectivity index (χ0) is 19.1. The standard InChI is InChI=1S/C20H24N4O2S/c1-2-26-19(25)15-3-5-16(6-4-15)22-20(27)23-17-9-13-24(14-10-17)18-7-11-21-12-8-18/h3-8,11-12,17H,2,9-10,13-14H2,1H3,(H2,22,23,27). The van der Waals surface area contributed by atoms with Gasteiger partial charge in [-0.1, -0.05) is 0 Å². The molecule has 2 aromatic rings. The van der Waals surface area contributed by atoms with Crippen molar-refractivity contribution in [2.75, 3.05) is 29.9 Å². The Kier molecular flexibility index (Phi) is 6.59. The van der Waals surface area contributed by atoms with E-state index in [0.29, 0.717) is 23.3 Å². The number of carbonyl (C=O) groups excluding carboxylic acids is 1. The summed E-state index contributed by atoms with van der Waals surface area (Å²) in [6.07, 6.45) is 5.69. The van der Waals surface area contributed by atoms with Crippen molar-refractivity contribution in [3.05, 3.63) is 54.4 Å². The number of thiocarbonyl (C=S) groups is 1. The van der Waals surface area contributed by atoms with Crippen molar-refractivity contribution in [1.29, 1.82) is 0 Å². The van der Waals surface area contributed by atoms with Gasteiger partial charge >= 0.3 is 5.97 Å². The molecule has 0 spiro atoms. The fraction of sp³-hybridized carbons (Fsp3) is 0.350. The Hall–Kier alpha value is -2.67. The second-order valence-corrected chi connectivity index (χ2v) is 6.77. The van der Waals surface area contributed by atoms with Crippen molar-refractivity contribution in [2.24, 2.45) is 0 Å². The molecule has 1 aliphatic rings. The molecular weight excluding hydrogens is 360 g/mol. The number of carbonyl (C=O) groups is 1. The Labute approximate surface area is 164 Å². The molecule has 3 rings (SSSR count). The molecular formula is C20H24N4O2S. The maximum absolute atomic E-state index is 11.7. The molecule has 0 saturated carbocycles. The molecule has 27 heavy (non-hydrogen) atoms. The Bertz CT molecular complexity index is 759. The highest BCUT2D eigenvalue weighted by Crippen LogP contribution is 2.19. The van der Waals surface area contributed by atoms with Crippen LogP contribution < -0.4 is 15.5 Å². The van der Waals surface area contributed by atoms with E-state index in [1.165, 1.54) is 5.69 Å². The van der Waals surface area contributed by atoms with Gasteiger partial charge in [-0.3, -0.25) is 4.98 Å². The van der Waals surface area contributed by atoms with Gasteiger partial charge in [-0.25, -0.2) is 4.79 Å². The number of ether oxygens (including phenoxy) is 1. The number of anilines is 2. The molecule has 142 valence electrons. The molecule has 2 N–H and O–H groups in total. The van der Waals surface area contributed by atoms with E-state index >= 15 is 0 Å². The maximum Gasteiger partial charge on any atom is 0.338 e. The van der Waals surface area contributed by atoms with Crippen molar-refractivity contribution in [2.45, 2.75) is 25.8 Å². The summed E-state index contributed by atoms with van der Waals surface area (Å²) in [6.45, 7) is 4.13. The summed E-state index contributed by atoms with van der Waals surface area (Å²) < 4.78 is 4.99. The monoisotopic (exact) mass is 384 g/mol. The SMILES string of the molecule is CCOC(=O)c1ccc(NC(=S)NC2CCN(c3ccncc3)CC2)cc1. The quantitative estimate of drug-likeness (QED) is 0.606. The molecule has 1 aliphatic heterocycles. The molecule has 6 nitrogen and oxygen atoms in total. The molecule has 0 radical (unpaired) electrons. The highest BCUT2D eigenvalue weighted by atomic mass is 32.1. The highest BCUT2D eigenvalue weighted by Gasteiger charge is 2.20. The van der Waals surface area contributed by atoms with E-state index in [2.05, 4.69) is 20.5 Å². The average molecular weight is 385 g/mol. The van der Waals surface area contributed by atoms with Crippen LogP contribution in [0.1, 0.15) is 30.1 Å². The molecule has 0 aliphatic carbocycles. The van der Waals surface area contributed by atoms with Crippen LogP contribution >= 0.6 is 12.2 Å². The molecule has 1 saturated heterocycles. The lowest BCUT2D eigenvalue weighted by molar-refractivity contribution is 0.0526. The van der Waals surface area contributed by atoms with E-state index in [1.807, 2.05) is 36.7 Å². The van der Waals surface area contributed by atoms with Gasteiger partial charge in [-0.15, -0.1) is 0 Å². The lowest BCUT2D eigenvalue weighted by Gasteiger charge is -2.34. The summed E-state index contributed by atoms with van der Waals surface area (Å²) in [5.41, 5.74) is 2.59. The third-order valence-corrected chi connectivity index (χ3v) is 4.73. The normalized spacial score (nSPS) is 14.5. The number of rotatable bonds is 5. The van der Waals surface area contributed by atoms with E-state index in [9.17, 15) is 4.79 Å². The Balaban J connectivity index is 1.45. The Morgan fingerprint density at radius 2 is 1.85 bits per heavy atom. The lowest BCUT2D eigenvalue weighted by atomic mass is 10.0. The molecule has 1 aromatic carbocycles. The molecule has 7 heteroatoms. The van der Waals surface area contributed by atoms with Gasteiger partial charge in [0.25, 0.3) is 0 Å². The van der Waals surface area contributed by atoms with Crippen LogP contribution in [-0.2, 0) is 4.74 Å². The number of hydrogen-bond acceptors (Lipinski definition) is 5. The molecule has 1 aromatic heterocycles. The lowest BCUT2D eigenvalue weighted by Crippen LogP contribution is -2.45. The number of pyridine rings is 1. The van der Waals surface area contributed by atoms with Crippen LogP contribution in [0.4, 0.5) is 11.4 Å². The first-order chi connectivity index (χ1) is 13.2. The van der Waals surface area contributed by atoms with Crippen molar-refractivity contribution in [3.8, 4) is 0 Å². The van der Waals surface area contributed by atoms with Crippen LogP contribution in [-0.4, -0.2) is 41.8 Å². The van der Waals surface area contributed by atoms with Gasteiger partial charge in [0.05, 0.1) is 12.2 Å². The fourth-order valence-electron chi connectivity index (χ4n) is 3.09. The summed E-state index contributed by atoms with van der Waals surface area (Å²) in [5, 5.41) is 7.16. The van der Waals surface area contributed by atoms with Gasteiger partial charge in [0.15, 0.2) is 5.11 Å². The topological polar surface area (TPSA) is 66.5 Å². The number of benzene rings is 1. The predicted molar refractivity (Wildman–Crippen MR) is 111 cm³/mol. The van der Waals surface area contributed by atoms with E-state index in [-0.39, 0.29) is 5.97 Å². The summed E-state index contributed by atoms with van der Waals surface area (Å²) in [6, 6.07) is 11.5. The number of nitrogens with one attached hydrogen (secondary N) is 2. The Morgan fingerprint density at radius 3 is 2.48 bits per heavy atom. The zero-order valence-electron chi connectivity index (χ0n) is 15.4. The van der Waals surface area contributed by atoms with E-state index in [1.54, 1.807) is 19.1 Å². The Morgan fingerprint density at radius 1 is 1.19 bits per heavy atom. The van der Waals surface area contributed by atoms with Gasteiger partial charge in [-0.2, -0.15) is 0 Å². The maximum atomic E-state index is 11.7. The van der Waals surface area contributed by atoms with E-state index in [4.69, 9.17) is 17.0 Å². The molecule has 0 bridgehead atoms. The van der Waals surface area contributed by atoms with Crippen LogP contribution in [0.15, 0.2) is 48.8 Å². The van der Waals surface area contributed by atoms with Gasteiger partial charge in [0.2, 0.25) is 0 Å². The van der Waals surface area contributed by atoms with Crippen molar-refractivity contribution in [3.63, 3.8) is 0 Å². The first-order valence-corrected chi connectivity index (χ1v) is 9.56. The zero-order valence-corrected chi connectivity index (χ0v) is 16.2.